The standard InChI is InChI=1S/C22H18N2OS/c25-21-19-13-7-8-14-20(19)23-22(24(21)18-11-5-2-6-12-18)26-16-15-17-9-3-1-4-10-17/h1-14H,15-16H2. The maximum Gasteiger partial charge on any atom is 0.266 e. The lowest BCUT2D eigenvalue weighted by molar-refractivity contribution is 0.819. The fourth-order valence-corrected chi connectivity index (χ4v) is 3.92. The van der Waals surface area contributed by atoms with Gasteiger partial charge in [-0.3, -0.25) is 9.36 Å². The van der Waals surface area contributed by atoms with Gasteiger partial charge < -0.3 is 0 Å². The second-order valence-corrected chi connectivity index (χ2v) is 7.03. The Kier molecular flexibility index (Phi) is 4.84. The first-order valence-corrected chi connectivity index (χ1v) is 9.55. The summed E-state index contributed by atoms with van der Waals surface area (Å²) in [5.41, 5.74) is 2.85. The Morgan fingerprint density at radius 1 is 0.808 bits per heavy atom. The summed E-state index contributed by atoms with van der Waals surface area (Å²) in [4.78, 5) is 17.9. The minimum Gasteiger partial charge on any atom is -0.268 e. The molecule has 26 heavy (non-hydrogen) atoms. The molecule has 0 aliphatic rings. The van der Waals surface area contributed by atoms with Gasteiger partial charge in [-0.2, -0.15) is 0 Å². The van der Waals surface area contributed by atoms with Crippen LogP contribution in [-0.4, -0.2) is 15.3 Å². The van der Waals surface area contributed by atoms with E-state index in [1.54, 1.807) is 16.3 Å². The van der Waals surface area contributed by atoms with Crippen LogP contribution in [0.15, 0.2) is 94.9 Å². The molecular formula is C22H18N2OS. The number of benzene rings is 3. The van der Waals surface area contributed by atoms with Gasteiger partial charge in [0.1, 0.15) is 0 Å². The molecule has 0 saturated carbocycles. The van der Waals surface area contributed by atoms with Crippen molar-refractivity contribution in [2.24, 2.45) is 0 Å². The Morgan fingerprint density at radius 3 is 2.23 bits per heavy atom. The summed E-state index contributed by atoms with van der Waals surface area (Å²) in [7, 11) is 0. The highest BCUT2D eigenvalue weighted by Gasteiger charge is 2.12. The van der Waals surface area contributed by atoms with Crippen LogP contribution in [0.3, 0.4) is 0 Å². The van der Waals surface area contributed by atoms with Gasteiger partial charge in [-0.15, -0.1) is 0 Å². The number of fused-ring (bicyclic) bond motifs is 1. The van der Waals surface area contributed by atoms with Crippen molar-refractivity contribution < 1.29 is 0 Å². The van der Waals surface area contributed by atoms with Crippen LogP contribution in [0.2, 0.25) is 0 Å². The van der Waals surface area contributed by atoms with Crippen LogP contribution in [0, 0.1) is 0 Å². The number of rotatable bonds is 5. The normalized spacial score (nSPS) is 10.9. The summed E-state index contributed by atoms with van der Waals surface area (Å²) in [6, 6.07) is 27.6. The van der Waals surface area contributed by atoms with E-state index in [1.165, 1.54) is 5.56 Å². The molecule has 0 amide bonds. The van der Waals surface area contributed by atoms with E-state index in [-0.39, 0.29) is 5.56 Å². The molecule has 0 aliphatic carbocycles. The second-order valence-electron chi connectivity index (χ2n) is 5.97. The van der Waals surface area contributed by atoms with E-state index in [1.807, 2.05) is 72.8 Å². The lowest BCUT2D eigenvalue weighted by Crippen LogP contribution is -2.21. The summed E-state index contributed by atoms with van der Waals surface area (Å²) in [6.07, 6.45) is 0.934. The fourth-order valence-electron chi connectivity index (χ4n) is 2.92. The van der Waals surface area contributed by atoms with Crippen molar-refractivity contribution in [3.8, 4) is 5.69 Å². The first-order chi connectivity index (χ1) is 12.8. The predicted molar refractivity (Wildman–Crippen MR) is 108 cm³/mol. The van der Waals surface area contributed by atoms with Gasteiger partial charge in [0, 0.05) is 5.75 Å². The van der Waals surface area contributed by atoms with Gasteiger partial charge in [-0.1, -0.05) is 72.4 Å². The highest BCUT2D eigenvalue weighted by molar-refractivity contribution is 7.99. The van der Waals surface area contributed by atoms with Crippen LogP contribution in [0.25, 0.3) is 16.6 Å². The summed E-state index contributed by atoms with van der Waals surface area (Å²) in [5, 5.41) is 1.37. The monoisotopic (exact) mass is 358 g/mol. The van der Waals surface area contributed by atoms with Crippen molar-refractivity contribution in [1.82, 2.24) is 9.55 Å². The van der Waals surface area contributed by atoms with Gasteiger partial charge in [0.05, 0.1) is 16.6 Å². The molecule has 0 fully saturated rings. The maximum atomic E-state index is 13.1. The third kappa shape index (κ3) is 3.41. The van der Waals surface area contributed by atoms with Gasteiger partial charge in [0.2, 0.25) is 0 Å². The number of aryl methyl sites for hydroxylation is 1. The van der Waals surface area contributed by atoms with Gasteiger partial charge in [-0.05, 0) is 36.2 Å². The first kappa shape index (κ1) is 16.6. The van der Waals surface area contributed by atoms with Crippen LogP contribution < -0.4 is 5.56 Å². The molecule has 0 radical (unpaired) electrons. The Morgan fingerprint density at radius 2 is 1.46 bits per heavy atom. The Balaban J connectivity index is 1.73. The summed E-state index contributed by atoms with van der Waals surface area (Å²) >= 11 is 1.62. The number of hydrogen-bond donors (Lipinski definition) is 0. The molecule has 3 nitrogen and oxygen atoms in total. The number of hydrogen-bond acceptors (Lipinski definition) is 3. The van der Waals surface area contributed by atoms with Gasteiger partial charge in [0.15, 0.2) is 5.16 Å². The SMILES string of the molecule is O=c1c2ccccc2nc(SCCc2ccccc2)n1-c1ccccc1. The Hall–Kier alpha value is -2.85. The lowest BCUT2D eigenvalue weighted by Gasteiger charge is -2.13. The second kappa shape index (κ2) is 7.58. The van der Waals surface area contributed by atoms with Crippen molar-refractivity contribution >= 4 is 22.7 Å². The van der Waals surface area contributed by atoms with Crippen LogP contribution in [0.5, 0.6) is 0 Å². The largest absolute Gasteiger partial charge is 0.268 e. The van der Waals surface area contributed by atoms with Crippen molar-refractivity contribution in [2.45, 2.75) is 11.6 Å². The molecule has 1 heterocycles. The van der Waals surface area contributed by atoms with Crippen molar-refractivity contribution in [3.05, 3.63) is 101 Å². The van der Waals surface area contributed by atoms with Gasteiger partial charge in [-0.25, -0.2) is 4.98 Å². The molecule has 128 valence electrons. The number of thioether (sulfide) groups is 1. The van der Waals surface area contributed by atoms with E-state index in [9.17, 15) is 4.79 Å². The van der Waals surface area contributed by atoms with Crippen molar-refractivity contribution in [1.29, 1.82) is 0 Å². The number of para-hydroxylation sites is 2. The highest BCUT2D eigenvalue weighted by Crippen LogP contribution is 2.22. The van der Waals surface area contributed by atoms with E-state index in [0.717, 1.165) is 28.5 Å². The quantitative estimate of drug-likeness (QED) is 0.382. The lowest BCUT2D eigenvalue weighted by atomic mass is 10.2. The molecule has 0 bridgehead atoms. The summed E-state index contributed by atoms with van der Waals surface area (Å²) in [6.45, 7) is 0. The Bertz CT molecular complexity index is 1080. The van der Waals surface area contributed by atoms with Gasteiger partial charge >= 0.3 is 0 Å². The molecule has 4 rings (SSSR count). The zero-order valence-corrected chi connectivity index (χ0v) is 15.0. The molecule has 0 spiro atoms. The van der Waals surface area contributed by atoms with E-state index in [4.69, 9.17) is 4.98 Å². The molecule has 0 saturated heterocycles. The van der Waals surface area contributed by atoms with Crippen LogP contribution >= 0.6 is 11.8 Å². The smallest absolute Gasteiger partial charge is 0.266 e. The summed E-state index contributed by atoms with van der Waals surface area (Å²) in [5.74, 6) is 0.863. The minimum absolute atomic E-state index is 0.0241. The molecule has 4 heteroatoms. The molecule has 1 aromatic heterocycles. The highest BCUT2D eigenvalue weighted by atomic mass is 32.2. The zero-order chi connectivity index (χ0) is 17.8. The molecule has 0 unspecified atom stereocenters. The molecule has 3 aromatic carbocycles. The fraction of sp³-hybridized carbons (Fsp3) is 0.0909. The topological polar surface area (TPSA) is 34.9 Å². The van der Waals surface area contributed by atoms with Crippen molar-refractivity contribution in [2.75, 3.05) is 5.75 Å². The number of nitrogens with zero attached hydrogens (tertiary/aromatic N) is 2. The molecular weight excluding hydrogens is 340 g/mol. The third-order valence-electron chi connectivity index (χ3n) is 4.22. The van der Waals surface area contributed by atoms with E-state index >= 15 is 0 Å². The third-order valence-corrected chi connectivity index (χ3v) is 5.16. The minimum atomic E-state index is -0.0241. The zero-order valence-electron chi connectivity index (χ0n) is 14.2. The molecule has 0 aliphatic heterocycles. The van der Waals surface area contributed by atoms with Gasteiger partial charge in [0.25, 0.3) is 5.56 Å². The maximum absolute atomic E-state index is 13.1. The van der Waals surface area contributed by atoms with Crippen molar-refractivity contribution in [3.63, 3.8) is 0 Å². The Labute approximate surface area is 156 Å². The predicted octanol–water partition coefficient (Wildman–Crippen LogP) is 4.72. The van der Waals surface area contributed by atoms with E-state index < -0.39 is 0 Å². The number of aromatic nitrogens is 2. The van der Waals surface area contributed by atoms with E-state index in [2.05, 4.69) is 12.1 Å². The molecule has 4 aromatic rings. The average Bonchev–Trinajstić information content (AvgIpc) is 2.70. The first-order valence-electron chi connectivity index (χ1n) is 8.57. The van der Waals surface area contributed by atoms with E-state index in [0.29, 0.717) is 5.39 Å². The molecule has 0 N–H and O–H groups in total. The van der Waals surface area contributed by atoms with Crippen LogP contribution in [-0.2, 0) is 6.42 Å². The van der Waals surface area contributed by atoms with Crippen LogP contribution in [0.1, 0.15) is 5.56 Å². The van der Waals surface area contributed by atoms with Crippen LogP contribution in [0.4, 0.5) is 0 Å². The molecule has 0 atom stereocenters. The summed E-state index contributed by atoms with van der Waals surface area (Å²) < 4.78 is 1.72. The average molecular weight is 358 g/mol.